The van der Waals surface area contributed by atoms with Crippen LogP contribution in [0.5, 0.6) is 5.75 Å². The van der Waals surface area contributed by atoms with Crippen molar-refractivity contribution in [2.75, 3.05) is 20.2 Å². The molecule has 1 fully saturated rings. The number of carbonyl (C=O) groups excluding carboxylic acids is 1. The predicted octanol–water partition coefficient (Wildman–Crippen LogP) is 5.17. The van der Waals surface area contributed by atoms with Gasteiger partial charge in [-0.2, -0.15) is 0 Å². The Balaban J connectivity index is 1.73. The topological polar surface area (TPSA) is 29.5 Å². The van der Waals surface area contributed by atoms with Gasteiger partial charge in [0.25, 0.3) is 5.91 Å². The van der Waals surface area contributed by atoms with E-state index in [-0.39, 0.29) is 5.91 Å². The first kappa shape index (κ1) is 18.8. The molecular weight excluding hydrogens is 342 g/mol. The Kier molecular flexibility index (Phi) is 6.25. The van der Waals surface area contributed by atoms with Crippen molar-refractivity contribution in [2.45, 2.75) is 37.3 Å². The van der Waals surface area contributed by atoms with Gasteiger partial charge in [0.15, 0.2) is 0 Å². The highest BCUT2D eigenvalue weighted by Gasteiger charge is 2.22. The van der Waals surface area contributed by atoms with E-state index in [1.807, 2.05) is 23.1 Å². The van der Waals surface area contributed by atoms with Gasteiger partial charge in [-0.15, -0.1) is 11.8 Å². The van der Waals surface area contributed by atoms with Crippen LogP contribution in [0.3, 0.4) is 0 Å². The minimum atomic E-state index is 0.140. The van der Waals surface area contributed by atoms with Crippen molar-refractivity contribution < 1.29 is 9.53 Å². The third-order valence-electron chi connectivity index (χ3n) is 5.01. The van der Waals surface area contributed by atoms with Crippen LogP contribution in [0.2, 0.25) is 0 Å². The number of nitrogens with zero attached hydrogens (tertiary/aromatic N) is 1. The monoisotopic (exact) mass is 369 g/mol. The molecule has 1 aliphatic heterocycles. The number of ether oxygens (including phenoxy) is 1. The molecule has 2 aromatic rings. The zero-order valence-corrected chi connectivity index (χ0v) is 16.6. The number of benzene rings is 2. The number of hydrogen-bond donors (Lipinski definition) is 0. The van der Waals surface area contributed by atoms with Crippen LogP contribution in [-0.2, 0) is 5.75 Å². The average molecular weight is 370 g/mol. The Bertz CT molecular complexity index is 749. The maximum Gasteiger partial charge on any atom is 0.253 e. The summed E-state index contributed by atoms with van der Waals surface area (Å²) in [6.45, 7) is 6.07. The molecule has 0 bridgehead atoms. The molecule has 1 amide bonds. The summed E-state index contributed by atoms with van der Waals surface area (Å²) < 4.78 is 5.51. The molecule has 0 atom stereocenters. The maximum absolute atomic E-state index is 12.8. The molecule has 3 rings (SSSR count). The van der Waals surface area contributed by atoms with Crippen LogP contribution in [0.25, 0.3) is 0 Å². The van der Waals surface area contributed by atoms with Crippen molar-refractivity contribution in [3.05, 3.63) is 59.2 Å². The predicted molar refractivity (Wildman–Crippen MR) is 108 cm³/mol. The van der Waals surface area contributed by atoms with E-state index >= 15 is 0 Å². The minimum absolute atomic E-state index is 0.140. The van der Waals surface area contributed by atoms with E-state index in [0.29, 0.717) is 0 Å². The first-order valence-corrected chi connectivity index (χ1v) is 10.2. The summed E-state index contributed by atoms with van der Waals surface area (Å²) in [5.41, 5.74) is 3.09. The van der Waals surface area contributed by atoms with Gasteiger partial charge in [0, 0.05) is 34.9 Å². The fourth-order valence-electron chi connectivity index (χ4n) is 3.21. The standard InChI is InChI=1S/C22H27NO2S/c1-16-4-7-20(8-5-16)26-15-19-14-18(6-9-21(19)25-3)22(24)23-12-10-17(2)11-13-23/h4-9,14,17H,10-13,15H2,1-3H3. The van der Waals surface area contributed by atoms with E-state index in [4.69, 9.17) is 4.74 Å². The first-order valence-electron chi connectivity index (χ1n) is 9.22. The Morgan fingerprint density at radius 2 is 1.85 bits per heavy atom. The van der Waals surface area contributed by atoms with Crippen molar-refractivity contribution in [1.82, 2.24) is 4.90 Å². The largest absolute Gasteiger partial charge is 0.496 e. The highest BCUT2D eigenvalue weighted by Crippen LogP contribution is 2.29. The van der Waals surface area contributed by atoms with Crippen LogP contribution in [0.4, 0.5) is 0 Å². The molecule has 2 aromatic carbocycles. The van der Waals surface area contributed by atoms with Crippen LogP contribution in [0.1, 0.15) is 41.3 Å². The summed E-state index contributed by atoms with van der Waals surface area (Å²) >= 11 is 1.76. The van der Waals surface area contributed by atoms with E-state index in [1.165, 1.54) is 10.5 Å². The van der Waals surface area contributed by atoms with Gasteiger partial charge in [-0.25, -0.2) is 0 Å². The van der Waals surface area contributed by atoms with E-state index in [0.717, 1.165) is 54.5 Å². The lowest BCUT2D eigenvalue weighted by molar-refractivity contribution is 0.0697. The molecule has 0 aromatic heterocycles. The first-order chi connectivity index (χ1) is 12.6. The van der Waals surface area contributed by atoms with Crippen LogP contribution in [-0.4, -0.2) is 31.0 Å². The Labute approximate surface area is 160 Å². The van der Waals surface area contributed by atoms with Crippen molar-refractivity contribution >= 4 is 17.7 Å². The molecule has 138 valence electrons. The quantitative estimate of drug-likeness (QED) is 0.681. The Hall–Kier alpha value is -1.94. The molecule has 1 heterocycles. The van der Waals surface area contributed by atoms with Gasteiger partial charge in [0.05, 0.1) is 7.11 Å². The molecule has 0 N–H and O–H groups in total. The van der Waals surface area contributed by atoms with E-state index < -0.39 is 0 Å². The number of hydrogen-bond acceptors (Lipinski definition) is 3. The summed E-state index contributed by atoms with van der Waals surface area (Å²) in [5.74, 6) is 2.48. The van der Waals surface area contributed by atoms with E-state index in [9.17, 15) is 4.79 Å². The molecule has 1 saturated heterocycles. The second kappa shape index (κ2) is 8.63. The zero-order chi connectivity index (χ0) is 18.5. The van der Waals surface area contributed by atoms with Gasteiger partial charge < -0.3 is 9.64 Å². The Morgan fingerprint density at radius 1 is 1.15 bits per heavy atom. The number of carbonyl (C=O) groups is 1. The van der Waals surface area contributed by atoms with Crippen LogP contribution in [0, 0.1) is 12.8 Å². The summed E-state index contributed by atoms with van der Waals surface area (Å²) in [6.07, 6.45) is 2.19. The summed E-state index contributed by atoms with van der Waals surface area (Å²) in [7, 11) is 1.68. The van der Waals surface area contributed by atoms with Gasteiger partial charge in [-0.1, -0.05) is 24.6 Å². The van der Waals surface area contributed by atoms with Crippen molar-refractivity contribution in [2.24, 2.45) is 5.92 Å². The molecule has 0 unspecified atom stereocenters. The molecule has 26 heavy (non-hydrogen) atoms. The summed E-state index contributed by atoms with van der Waals surface area (Å²) in [6, 6.07) is 14.3. The van der Waals surface area contributed by atoms with E-state index in [1.54, 1.807) is 18.9 Å². The summed E-state index contributed by atoms with van der Waals surface area (Å²) in [5, 5.41) is 0. The third-order valence-corrected chi connectivity index (χ3v) is 6.07. The van der Waals surface area contributed by atoms with Crippen molar-refractivity contribution in [1.29, 1.82) is 0 Å². The number of piperidine rings is 1. The van der Waals surface area contributed by atoms with Crippen LogP contribution < -0.4 is 4.74 Å². The molecular formula is C22H27NO2S. The van der Waals surface area contributed by atoms with Crippen LogP contribution in [0.15, 0.2) is 47.4 Å². The van der Waals surface area contributed by atoms with Gasteiger partial charge in [-0.3, -0.25) is 4.79 Å². The smallest absolute Gasteiger partial charge is 0.253 e. The third kappa shape index (κ3) is 4.61. The lowest BCUT2D eigenvalue weighted by Crippen LogP contribution is -2.37. The molecule has 4 heteroatoms. The van der Waals surface area contributed by atoms with Gasteiger partial charge in [0.1, 0.15) is 5.75 Å². The lowest BCUT2D eigenvalue weighted by atomic mass is 9.98. The molecule has 0 spiro atoms. The number of methoxy groups -OCH3 is 1. The normalized spacial score (nSPS) is 15.1. The average Bonchev–Trinajstić information content (AvgIpc) is 2.67. The molecule has 1 aliphatic rings. The number of likely N-dealkylation sites (tertiary alicyclic amines) is 1. The lowest BCUT2D eigenvalue weighted by Gasteiger charge is -2.30. The highest BCUT2D eigenvalue weighted by atomic mass is 32.2. The van der Waals surface area contributed by atoms with Crippen LogP contribution >= 0.6 is 11.8 Å². The zero-order valence-electron chi connectivity index (χ0n) is 15.8. The molecule has 0 radical (unpaired) electrons. The number of rotatable bonds is 5. The second-order valence-corrected chi connectivity index (χ2v) is 8.15. The summed E-state index contributed by atoms with van der Waals surface area (Å²) in [4.78, 5) is 16.1. The highest BCUT2D eigenvalue weighted by molar-refractivity contribution is 7.98. The number of amides is 1. The fourth-order valence-corrected chi connectivity index (χ4v) is 4.09. The van der Waals surface area contributed by atoms with Crippen molar-refractivity contribution in [3.8, 4) is 5.75 Å². The SMILES string of the molecule is COc1ccc(C(=O)N2CCC(C)CC2)cc1CSc1ccc(C)cc1. The maximum atomic E-state index is 12.8. The minimum Gasteiger partial charge on any atom is -0.496 e. The number of aryl methyl sites for hydroxylation is 1. The molecule has 0 aliphatic carbocycles. The van der Waals surface area contributed by atoms with Crippen molar-refractivity contribution in [3.63, 3.8) is 0 Å². The van der Waals surface area contributed by atoms with Gasteiger partial charge in [-0.05, 0) is 56.0 Å². The molecule has 3 nitrogen and oxygen atoms in total. The number of thioether (sulfide) groups is 1. The molecule has 0 saturated carbocycles. The van der Waals surface area contributed by atoms with Gasteiger partial charge in [0.2, 0.25) is 0 Å². The second-order valence-electron chi connectivity index (χ2n) is 7.10. The fraction of sp³-hybridized carbons (Fsp3) is 0.409. The Morgan fingerprint density at radius 3 is 2.50 bits per heavy atom. The van der Waals surface area contributed by atoms with E-state index in [2.05, 4.69) is 38.1 Å². The van der Waals surface area contributed by atoms with Gasteiger partial charge >= 0.3 is 0 Å².